The van der Waals surface area contributed by atoms with Crippen molar-refractivity contribution in [3.05, 3.63) is 18.0 Å². The molecule has 0 saturated carbocycles. The van der Waals surface area contributed by atoms with Gasteiger partial charge in [0.05, 0.1) is 4.90 Å². The monoisotopic (exact) mass is 299 g/mol. The third-order valence-electron chi connectivity index (χ3n) is 3.84. The summed E-state index contributed by atoms with van der Waals surface area (Å²) in [5.41, 5.74) is 0.919. The van der Waals surface area contributed by atoms with E-state index >= 15 is 0 Å². The first kappa shape index (κ1) is 15.5. The molecule has 2 heterocycles. The Hall–Kier alpha value is -0.850. The number of H-pyrrole nitrogens is 1. The van der Waals surface area contributed by atoms with Gasteiger partial charge in [0, 0.05) is 31.5 Å². The van der Waals surface area contributed by atoms with Crippen LogP contribution in [-0.2, 0) is 16.6 Å². The largest absolute Gasteiger partial charge is 0.363 e. The van der Waals surface area contributed by atoms with Gasteiger partial charge in [0.1, 0.15) is 0 Å². The van der Waals surface area contributed by atoms with E-state index in [4.69, 9.17) is 0 Å². The van der Waals surface area contributed by atoms with Crippen molar-refractivity contribution in [3.63, 3.8) is 0 Å². The minimum absolute atomic E-state index is 0.389. The minimum Gasteiger partial charge on any atom is -0.363 e. The minimum atomic E-state index is -3.32. The van der Waals surface area contributed by atoms with E-state index in [9.17, 15) is 8.42 Å². The average Bonchev–Trinajstić information content (AvgIpc) is 2.89. The highest BCUT2D eigenvalue weighted by molar-refractivity contribution is 7.89. The molecule has 0 amide bonds. The zero-order chi connectivity index (χ0) is 14.6. The molecule has 0 radical (unpaired) electrons. The topological polar surface area (TPSA) is 65.2 Å². The molecule has 2 N–H and O–H groups in total. The summed E-state index contributed by atoms with van der Waals surface area (Å²) in [5, 5.41) is 3.26. The van der Waals surface area contributed by atoms with Gasteiger partial charge in [-0.3, -0.25) is 0 Å². The van der Waals surface area contributed by atoms with Crippen molar-refractivity contribution in [3.8, 4) is 0 Å². The Kier molecular flexibility index (Phi) is 5.23. The summed E-state index contributed by atoms with van der Waals surface area (Å²) in [7, 11) is -3.32. The van der Waals surface area contributed by atoms with Crippen LogP contribution in [0.1, 0.15) is 38.8 Å². The summed E-state index contributed by atoms with van der Waals surface area (Å²) in [6, 6.07) is 1.75. The molecule has 2 rings (SSSR count). The Morgan fingerprint density at radius 2 is 2.10 bits per heavy atom. The number of hydrogen-bond donors (Lipinski definition) is 2. The lowest BCUT2D eigenvalue weighted by Crippen LogP contribution is -2.37. The number of sulfonamides is 1. The summed E-state index contributed by atoms with van der Waals surface area (Å²) in [6.45, 7) is 7.18. The van der Waals surface area contributed by atoms with E-state index in [2.05, 4.69) is 24.1 Å². The molecule has 0 unspecified atom stereocenters. The van der Waals surface area contributed by atoms with Crippen LogP contribution in [0.3, 0.4) is 0 Å². The van der Waals surface area contributed by atoms with Gasteiger partial charge in [-0.05, 0) is 37.8 Å². The Labute approximate surface area is 121 Å². The summed E-state index contributed by atoms with van der Waals surface area (Å²) in [4.78, 5) is 3.44. The molecule has 0 atom stereocenters. The van der Waals surface area contributed by atoms with Crippen LogP contribution in [0.25, 0.3) is 0 Å². The van der Waals surface area contributed by atoms with Crippen molar-refractivity contribution < 1.29 is 8.42 Å². The highest BCUT2D eigenvalue weighted by Crippen LogP contribution is 2.23. The Morgan fingerprint density at radius 3 is 2.75 bits per heavy atom. The van der Waals surface area contributed by atoms with E-state index < -0.39 is 10.0 Å². The number of nitrogens with one attached hydrogen (secondary N) is 2. The second-order valence-electron chi connectivity index (χ2n) is 5.62. The highest BCUT2D eigenvalue weighted by atomic mass is 32.2. The van der Waals surface area contributed by atoms with Crippen LogP contribution in [-0.4, -0.2) is 37.3 Å². The molecule has 0 bridgehead atoms. The van der Waals surface area contributed by atoms with E-state index in [0.717, 1.165) is 31.5 Å². The van der Waals surface area contributed by atoms with Gasteiger partial charge in [-0.2, -0.15) is 4.31 Å². The number of aromatic amines is 1. The first-order valence-corrected chi connectivity index (χ1v) is 8.86. The summed E-state index contributed by atoms with van der Waals surface area (Å²) in [6.07, 6.45) is 4.58. The molecule has 1 aliphatic heterocycles. The predicted octanol–water partition coefficient (Wildman–Crippen LogP) is 1.93. The van der Waals surface area contributed by atoms with E-state index in [-0.39, 0.29) is 0 Å². The molecule has 1 saturated heterocycles. The smallest absolute Gasteiger partial charge is 0.244 e. The average molecular weight is 299 g/mol. The van der Waals surface area contributed by atoms with Crippen molar-refractivity contribution in [1.82, 2.24) is 14.6 Å². The summed E-state index contributed by atoms with van der Waals surface area (Å²) < 4.78 is 26.7. The molecular weight excluding hydrogens is 274 g/mol. The van der Waals surface area contributed by atoms with Gasteiger partial charge in [0.15, 0.2) is 0 Å². The van der Waals surface area contributed by atoms with Crippen LogP contribution < -0.4 is 5.32 Å². The predicted molar refractivity (Wildman–Crippen MR) is 79.9 cm³/mol. The number of rotatable bonds is 6. The summed E-state index contributed by atoms with van der Waals surface area (Å²) in [5.74, 6) is 0.626. The highest BCUT2D eigenvalue weighted by Gasteiger charge is 2.28. The number of nitrogens with zero attached hydrogens (tertiary/aromatic N) is 1. The van der Waals surface area contributed by atoms with Crippen LogP contribution in [0, 0.1) is 5.92 Å². The molecule has 20 heavy (non-hydrogen) atoms. The fourth-order valence-corrected chi connectivity index (χ4v) is 3.93. The van der Waals surface area contributed by atoms with Crippen molar-refractivity contribution in [1.29, 1.82) is 0 Å². The maximum absolute atomic E-state index is 12.5. The van der Waals surface area contributed by atoms with E-state index in [1.165, 1.54) is 0 Å². The van der Waals surface area contributed by atoms with Crippen molar-refractivity contribution in [2.24, 2.45) is 5.92 Å². The number of aromatic nitrogens is 1. The van der Waals surface area contributed by atoms with Gasteiger partial charge in [-0.25, -0.2) is 8.42 Å². The van der Waals surface area contributed by atoms with Gasteiger partial charge >= 0.3 is 0 Å². The Morgan fingerprint density at radius 1 is 1.40 bits per heavy atom. The lowest BCUT2D eigenvalue weighted by Gasteiger charge is -2.28. The molecule has 1 aromatic heterocycles. The normalized spacial score (nSPS) is 18.5. The number of hydrogen-bond acceptors (Lipinski definition) is 3. The maximum atomic E-state index is 12.5. The molecule has 6 heteroatoms. The summed E-state index contributed by atoms with van der Waals surface area (Å²) >= 11 is 0. The SMILES string of the molecule is CCCNCc1cc(S(=O)(=O)N2CCC(C)CC2)c[nH]1. The van der Waals surface area contributed by atoms with E-state index in [1.54, 1.807) is 16.6 Å². The molecule has 1 aliphatic rings. The lowest BCUT2D eigenvalue weighted by atomic mass is 10.0. The maximum Gasteiger partial charge on any atom is 0.244 e. The van der Waals surface area contributed by atoms with Crippen molar-refractivity contribution in [2.75, 3.05) is 19.6 Å². The molecule has 0 spiro atoms. The zero-order valence-electron chi connectivity index (χ0n) is 12.4. The van der Waals surface area contributed by atoms with E-state index in [0.29, 0.717) is 30.4 Å². The molecule has 114 valence electrons. The molecule has 5 nitrogen and oxygen atoms in total. The second-order valence-corrected chi connectivity index (χ2v) is 7.56. The van der Waals surface area contributed by atoms with Gasteiger partial charge in [-0.1, -0.05) is 13.8 Å². The molecule has 1 fully saturated rings. The van der Waals surface area contributed by atoms with E-state index in [1.807, 2.05) is 0 Å². The van der Waals surface area contributed by atoms with Gasteiger partial charge in [-0.15, -0.1) is 0 Å². The quantitative estimate of drug-likeness (QED) is 0.789. The number of piperidine rings is 1. The van der Waals surface area contributed by atoms with Gasteiger partial charge < -0.3 is 10.3 Å². The van der Waals surface area contributed by atoms with Crippen LogP contribution in [0.4, 0.5) is 0 Å². The first-order valence-electron chi connectivity index (χ1n) is 7.42. The van der Waals surface area contributed by atoms with Gasteiger partial charge in [0.2, 0.25) is 10.0 Å². The second kappa shape index (κ2) is 6.74. The molecule has 0 aromatic carbocycles. The molecule has 1 aromatic rings. The fourth-order valence-electron chi connectivity index (χ4n) is 2.44. The van der Waals surface area contributed by atoms with Crippen LogP contribution in [0.2, 0.25) is 0 Å². The molecular formula is C14H25N3O2S. The van der Waals surface area contributed by atoms with Crippen molar-refractivity contribution in [2.45, 2.75) is 44.6 Å². The van der Waals surface area contributed by atoms with Crippen molar-refractivity contribution >= 4 is 10.0 Å². The van der Waals surface area contributed by atoms with Crippen LogP contribution in [0.5, 0.6) is 0 Å². The Bertz CT molecular complexity index is 516. The third kappa shape index (κ3) is 3.62. The van der Waals surface area contributed by atoms with Crippen LogP contribution >= 0.6 is 0 Å². The van der Waals surface area contributed by atoms with Gasteiger partial charge in [0.25, 0.3) is 0 Å². The lowest BCUT2D eigenvalue weighted by molar-refractivity contribution is 0.288. The standard InChI is InChI=1S/C14H25N3O2S/c1-3-6-15-10-13-9-14(11-16-13)20(18,19)17-7-4-12(2)5-8-17/h9,11-12,15-16H,3-8,10H2,1-2H3. The fraction of sp³-hybridized carbons (Fsp3) is 0.714. The first-order chi connectivity index (χ1) is 9.54. The Balaban J connectivity index is 2.02. The van der Waals surface area contributed by atoms with Crippen LogP contribution in [0.15, 0.2) is 17.2 Å². The third-order valence-corrected chi connectivity index (χ3v) is 5.72. The zero-order valence-corrected chi connectivity index (χ0v) is 13.2. The molecule has 0 aliphatic carbocycles.